The summed E-state index contributed by atoms with van der Waals surface area (Å²) in [4.78, 5) is 39.1. The van der Waals surface area contributed by atoms with Crippen molar-refractivity contribution in [1.82, 2.24) is 9.80 Å². The SMILES string of the molecule is COC(=O)CCC(=O)N1CCCN(C(=O)COc2cccc(C)c2)CC1. The van der Waals surface area contributed by atoms with Crippen LogP contribution in [0.4, 0.5) is 0 Å². The molecule has 0 spiro atoms. The van der Waals surface area contributed by atoms with Crippen molar-refractivity contribution in [3.63, 3.8) is 0 Å². The lowest BCUT2D eigenvalue weighted by molar-refractivity contribution is -0.143. The smallest absolute Gasteiger partial charge is 0.306 e. The van der Waals surface area contributed by atoms with E-state index in [4.69, 9.17) is 4.74 Å². The van der Waals surface area contributed by atoms with Gasteiger partial charge in [0, 0.05) is 32.6 Å². The highest BCUT2D eigenvalue weighted by atomic mass is 16.5. The third-order valence-electron chi connectivity index (χ3n) is 4.32. The average Bonchev–Trinajstić information content (AvgIpc) is 2.90. The fourth-order valence-electron chi connectivity index (χ4n) is 2.83. The number of hydrogen-bond acceptors (Lipinski definition) is 5. The maximum atomic E-state index is 12.4. The van der Waals surface area contributed by atoms with Gasteiger partial charge in [-0.25, -0.2) is 0 Å². The standard InChI is InChI=1S/C19H26N2O5/c1-15-5-3-6-16(13-15)26-14-18(23)21-10-4-9-20(11-12-21)17(22)7-8-19(24)25-2/h3,5-6,13H,4,7-12,14H2,1-2H3. The molecule has 0 aliphatic carbocycles. The molecule has 1 aromatic rings. The van der Waals surface area contributed by atoms with Gasteiger partial charge in [0.25, 0.3) is 5.91 Å². The van der Waals surface area contributed by atoms with E-state index >= 15 is 0 Å². The molecule has 1 aliphatic heterocycles. The normalized spacial score (nSPS) is 14.5. The van der Waals surface area contributed by atoms with Gasteiger partial charge in [-0.2, -0.15) is 0 Å². The van der Waals surface area contributed by atoms with Gasteiger partial charge in [0.05, 0.1) is 13.5 Å². The predicted molar refractivity (Wildman–Crippen MR) is 95.7 cm³/mol. The van der Waals surface area contributed by atoms with Crippen LogP contribution in [0.3, 0.4) is 0 Å². The molecule has 1 fully saturated rings. The van der Waals surface area contributed by atoms with E-state index < -0.39 is 5.97 Å². The molecule has 0 radical (unpaired) electrons. The number of rotatable bonds is 6. The van der Waals surface area contributed by atoms with Crippen molar-refractivity contribution >= 4 is 17.8 Å². The lowest BCUT2D eigenvalue weighted by Crippen LogP contribution is -2.39. The zero-order valence-corrected chi connectivity index (χ0v) is 15.4. The second-order valence-corrected chi connectivity index (χ2v) is 6.30. The minimum atomic E-state index is -0.390. The maximum Gasteiger partial charge on any atom is 0.306 e. The highest BCUT2D eigenvalue weighted by molar-refractivity contribution is 5.81. The number of nitrogens with zero attached hydrogens (tertiary/aromatic N) is 2. The monoisotopic (exact) mass is 362 g/mol. The number of amides is 2. The van der Waals surface area contributed by atoms with Gasteiger partial charge in [0.15, 0.2) is 6.61 Å². The van der Waals surface area contributed by atoms with Gasteiger partial charge in [-0.1, -0.05) is 12.1 Å². The Morgan fingerprint density at radius 3 is 2.35 bits per heavy atom. The van der Waals surface area contributed by atoms with Crippen LogP contribution in [-0.4, -0.2) is 67.5 Å². The van der Waals surface area contributed by atoms with Crippen LogP contribution in [0.5, 0.6) is 5.75 Å². The Balaban J connectivity index is 1.78. The molecule has 0 aromatic heterocycles. The highest BCUT2D eigenvalue weighted by Crippen LogP contribution is 2.13. The zero-order valence-electron chi connectivity index (χ0n) is 15.4. The van der Waals surface area contributed by atoms with Crippen LogP contribution in [-0.2, 0) is 19.1 Å². The van der Waals surface area contributed by atoms with Crippen molar-refractivity contribution in [3.05, 3.63) is 29.8 Å². The molecule has 0 bridgehead atoms. The molecular weight excluding hydrogens is 336 g/mol. The average molecular weight is 362 g/mol. The molecule has 1 saturated heterocycles. The molecule has 7 nitrogen and oxygen atoms in total. The quantitative estimate of drug-likeness (QED) is 0.715. The molecular formula is C19H26N2O5. The summed E-state index contributed by atoms with van der Waals surface area (Å²) in [7, 11) is 1.31. The first-order chi connectivity index (χ1) is 12.5. The first kappa shape index (κ1) is 19.8. The second-order valence-electron chi connectivity index (χ2n) is 6.30. The summed E-state index contributed by atoms with van der Waals surface area (Å²) in [5.74, 6) is 0.113. The van der Waals surface area contributed by atoms with Crippen molar-refractivity contribution in [2.75, 3.05) is 39.9 Å². The number of carbonyl (C=O) groups is 3. The Bertz CT molecular complexity index is 647. The third-order valence-corrected chi connectivity index (χ3v) is 4.32. The summed E-state index contributed by atoms with van der Waals surface area (Å²) < 4.78 is 10.1. The Kier molecular flexibility index (Phi) is 7.44. The molecule has 2 rings (SSSR count). The number of esters is 1. The van der Waals surface area contributed by atoms with Crippen molar-refractivity contribution < 1.29 is 23.9 Å². The summed E-state index contributed by atoms with van der Waals surface area (Å²) in [5.41, 5.74) is 1.07. The van der Waals surface area contributed by atoms with E-state index in [1.54, 1.807) is 9.80 Å². The van der Waals surface area contributed by atoms with Gasteiger partial charge in [-0.15, -0.1) is 0 Å². The Morgan fingerprint density at radius 2 is 1.69 bits per heavy atom. The summed E-state index contributed by atoms with van der Waals surface area (Å²) in [6.07, 6.45) is 0.927. The van der Waals surface area contributed by atoms with Gasteiger partial charge in [-0.05, 0) is 31.0 Å². The number of ether oxygens (including phenoxy) is 2. The minimum absolute atomic E-state index is 0.0141. The predicted octanol–water partition coefficient (Wildman–Crippen LogP) is 1.39. The fourth-order valence-corrected chi connectivity index (χ4v) is 2.83. The van der Waals surface area contributed by atoms with Crippen LogP contribution < -0.4 is 4.74 Å². The van der Waals surface area contributed by atoms with Crippen LogP contribution in [0.1, 0.15) is 24.8 Å². The molecule has 1 aliphatic rings. The largest absolute Gasteiger partial charge is 0.484 e. The number of hydrogen-bond donors (Lipinski definition) is 0. The molecule has 142 valence electrons. The van der Waals surface area contributed by atoms with E-state index in [0.29, 0.717) is 38.3 Å². The van der Waals surface area contributed by atoms with E-state index in [-0.39, 0.29) is 31.3 Å². The lowest BCUT2D eigenvalue weighted by atomic mass is 10.2. The molecule has 0 atom stereocenters. The van der Waals surface area contributed by atoms with Crippen molar-refractivity contribution in [2.24, 2.45) is 0 Å². The Hall–Kier alpha value is -2.57. The van der Waals surface area contributed by atoms with Crippen LogP contribution in [0.15, 0.2) is 24.3 Å². The number of carbonyl (C=O) groups excluding carboxylic acids is 3. The lowest BCUT2D eigenvalue weighted by Gasteiger charge is -2.22. The van der Waals surface area contributed by atoms with Gasteiger partial charge >= 0.3 is 5.97 Å². The van der Waals surface area contributed by atoms with Gasteiger partial charge < -0.3 is 19.3 Å². The van der Waals surface area contributed by atoms with Crippen molar-refractivity contribution in [1.29, 1.82) is 0 Å². The molecule has 0 unspecified atom stereocenters. The van der Waals surface area contributed by atoms with Gasteiger partial charge in [-0.3, -0.25) is 14.4 Å². The van der Waals surface area contributed by atoms with E-state index in [0.717, 1.165) is 5.56 Å². The van der Waals surface area contributed by atoms with E-state index in [1.165, 1.54) is 7.11 Å². The molecule has 0 N–H and O–H groups in total. The molecule has 2 amide bonds. The second kappa shape index (κ2) is 9.79. The van der Waals surface area contributed by atoms with Crippen LogP contribution in [0.2, 0.25) is 0 Å². The summed E-state index contributed by atoms with van der Waals surface area (Å²) in [6, 6.07) is 7.57. The first-order valence-electron chi connectivity index (χ1n) is 8.81. The van der Waals surface area contributed by atoms with Crippen molar-refractivity contribution in [3.8, 4) is 5.75 Å². The molecule has 1 heterocycles. The van der Waals surface area contributed by atoms with Gasteiger partial charge in [0.2, 0.25) is 5.91 Å². The van der Waals surface area contributed by atoms with E-state index in [2.05, 4.69) is 4.74 Å². The van der Waals surface area contributed by atoms with Crippen LogP contribution in [0, 0.1) is 6.92 Å². The molecule has 0 saturated carbocycles. The summed E-state index contributed by atoms with van der Waals surface area (Å²) >= 11 is 0. The van der Waals surface area contributed by atoms with Crippen LogP contribution in [0.25, 0.3) is 0 Å². The zero-order chi connectivity index (χ0) is 18.9. The number of methoxy groups -OCH3 is 1. The molecule has 1 aromatic carbocycles. The van der Waals surface area contributed by atoms with E-state index in [1.807, 2.05) is 31.2 Å². The molecule has 7 heteroatoms. The van der Waals surface area contributed by atoms with E-state index in [9.17, 15) is 14.4 Å². The maximum absolute atomic E-state index is 12.4. The first-order valence-corrected chi connectivity index (χ1v) is 8.81. The topological polar surface area (TPSA) is 76.2 Å². The number of benzene rings is 1. The Labute approximate surface area is 153 Å². The fraction of sp³-hybridized carbons (Fsp3) is 0.526. The summed E-state index contributed by atoms with van der Waals surface area (Å²) in [5, 5.41) is 0. The summed E-state index contributed by atoms with van der Waals surface area (Å²) in [6.45, 7) is 4.07. The third kappa shape index (κ3) is 6.06. The minimum Gasteiger partial charge on any atom is -0.484 e. The van der Waals surface area contributed by atoms with Gasteiger partial charge in [0.1, 0.15) is 5.75 Å². The van der Waals surface area contributed by atoms with Crippen molar-refractivity contribution in [2.45, 2.75) is 26.2 Å². The Morgan fingerprint density at radius 1 is 1.00 bits per heavy atom. The highest BCUT2D eigenvalue weighted by Gasteiger charge is 2.22. The number of aryl methyl sites for hydroxylation is 1. The molecule has 26 heavy (non-hydrogen) atoms. The van der Waals surface area contributed by atoms with Crippen LogP contribution >= 0.6 is 0 Å².